The van der Waals surface area contributed by atoms with Crippen molar-refractivity contribution in [2.24, 2.45) is 5.92 Å². The highest BCUT2D eigenvalue weighted by molar-refractivity contribution is 5.89. The zero-order valence-corrected chi connectivity index (χ0v) is 13.5. The lowest BCUT2D eigenvalue weighted by Crippen LogP contribution is -2.45. The minimum atomic E-state index is -0.285. The highest BCUT2D eigenvalue weighted by Crippen LogP contribution is 2.33. The van der Waals surface area contributed by atoms with Crippen molar-refractivity contribution in [3.63, 3.8) is 0 Å². The van der Waals surface area contributed by atoms with Gasteiger partial charge in [-0.1, -0.05) is 12.1 Å². The van der Waals surface area contributed by atoms with Crippen molar-refractivity contribution in [3.8, 4) is 0 Å². The molecule has 2 amide bonds. The van der Waals surface area contributed by atoms with Crippen LogP contribution in [-0.2, 0) is 14.3 Å². The van der Waals surface area contributed by atoms with E-state index >= 15 is 0 Å². The summed E-state index contributed by atoms with van der Waals surface area (Å²) in [6.45, 7) is 2.02. The van der Waals surface area contributed by atoms with Crippen LogP contribution in [0.3, 0.4) is 0 Å². The maximum atomic E-state index is 13.1. The van der Waals surface area contributed by atoms with Crippen molar-refractivity contribution in [1.29, 1.82) is 0 Å². The third-order valence-corrected chi connectivity index (χ3v) is 5.12. The summed E-state index contributed by atoms with van der Waals surface area (Å²) in [5.74, 6) is -0.363. The molecule has 0 radical (unpaired) electrons. The molecule has 1 saturated carbocycles. The molecule has 2 saturated heterocycles. The zero-order valence-electron chi connectivity index (χ0n) is 13.5. The Morgan fingerprint density at radius 2 is 1.92 bits per heavy atom. The summed E-state index contributed by atoms with van der Waals surface area (Å²) < 4.78 is 18.8. The monoisotopic (exact) mass is 332 g/mol. The fraction of sp³-hybridized carbons (Fsp3) is 0.556. The van der Waals surface area contributed by atoms with Crippen molar-refractivity contribution in [2.45, 2.75) is 31.4 Å². The van der Waals surface area contributed by atoms with Crippen molar-refractivity contribution in [3.05, 3.63) is 35.6 Å². The van der Waals surface area contributed by atoms with E-state index in [1.807, 2.05) is 4.90 Å². The Bertz CT molecular complexity index is 644. The van der Waals surface area contributed by atoms with Crippen LogP contribution in [0, 0.1) is 11.7 Å². The number of ether oxygens (including phenoxy) is 1. The average Bonchev–Trinajstić information content (AvgIpc) is 3.37. The molecule has 1 aromatic rings. The van der Waals surface area contributed by atoms with Gasteiger partial charge in [0.2, 0.25) is 11.8 Å². The van der Waals surface area contributed by atoms with Crippen LogP contribution in [0.25, 0.3) is 0 Å². The average molecular weight is 332 g/mol. The first-order chi connectivity index (χ1) is 11.6. The number of nitrogens with zero attached hydrogens (tertiary/aromatic N) is 2. The van der Waals surface area contributed by atoms with E-state index in [4.69, 9.17) is 4.74 Å². The van der Waals surface area contributed by atoms with Crippen LogP contribution >= 0.6 is 0 Å². The molecule has 0 spiro atoms. The van der Waals surface area contributed by atoms with Gasteiger partial charge in [-0.25, -0.2) is 4.39 Å². The second-order valence-electron chi connectivity index (χ2n) is 6.87. The maximum absolute atomic E-state index is 13.1. The summed E-state index contributed by atoms with van der Waals surface area (Å²) in [6, 6.07) is 6.57. The van der Waals surface area contributed by atoms with Gasteiger partial charge in [-0.2, -0.15) is 0 Å². The molecule has 2 heterocycles. The zero-order chi connectivity index (χ0) is 16.7. The summed E-state index contributed by atoms with van der Waals surface area (Å²) in [6.07, 6.45) is 2.22. The lowest BCUT2D eigenvalue weighted by molar-refractivity contribution is -0.143. The third-order valence-electron chi connectivity index (χ3n) is 5.12. The molecule has 0 N–H and O–H groups in total. The molecule has 4 rings (SSSR count). The van der Waals surface area contributed by atoms with E-state index in [2.05, 4.69) is 0 Å². The SMILES string of the molecule is O=C([C@@H]1CC(=O)N(C2CC2)C1)N1CCO[C@@H](c2ccc(F)cc2)C1. The molecule has 128 valence electrons. The number of benzene rings is 1. The van der Waals surface area contributed by atoms with Gasteiger partial charge in [0.25, 0.3) is 0 Å². The van der Waals surface area contributed by atoms with Gasteiger partial charge >= 0.3 is 0 Å². The Hall–Kier alpha value is -1.95. The van der Waals surface area contributed by atoms with Gasteiger partial charge < -0.3 is 14.5 Å². The van der Waals surface area contributed by atoms with Crippen LogP contribution in [0.1, 0.15) is 30.9 Å². The first-order valence-corrected chi connectivity index (χ1v) is 8.57. The van der Waals surface area contributed by atoms with E-state index in [1.54, 1.807) is 17.0 Å². The molecule has 5 nitrogen and oxygen atoms in total. The van der Waals surface area contributed by atoms with E-state index in [-0.39, 0.29) is 29.7 Å². The highest BCUT2D eigenvalue weighted by Gasteiger charge is 2.43. The van der Waals surface area contributed by atoms with Gasteiger partial charge in [0.15, 0.2) is 0 Å². The van der Waals surface area contributed by atoms with Gasteiger partial charge in [0, 0.05) is 25.6 Å². The molecule has 2 aliphatic heterocycles. The molecule has 2 atom stereocenters. The summed E-state index contributed by atoms with van der Waals surface area (Å²) >= 11 is 0. The lowest BCUT2D eigenvalue weighted by atomic mass is 10.0. The first-order valence-electron chi connectivity index (χ1n) is 8.57. The minimum Gasteiger partial charge on any atom is -0.370 e. The Morgan fingerprint density at radius 3 is 2.62 bits per heavy atom. The van der Waals surface area contributed by atoms with Crippen LogP contribution < -0.4 is 0 Å². The number of likely N-dealkylation sites (tertiary alicyclic amines) is 1. The molecule has 0 unspecified atom stereocenters. The van der Waals surface area contributed by atoms with Gasteiger partial charge in [-0.05, 0) is 30.5 Å². The number of morpholine rings is 1. The summed E-state index contributed by atoms with van der Waals surface area (Å²) in [7, 11) is 0. The topological polar surface area (TPSA) is 49.9 Å². The summed E-state index contributed by atoms with van der Waals surface area (Å²) in [5.41, 5.74) is 0.871. The van der Waals surface area contributed by atoms with Gasteiger partial charge in [0.1, 0.15) is 11.9 Å². The summed E-state index contributed by atoms with van der Waals surface area (Å²) in [4.78, 5) is 28.5. The molecule has 3 fully saturated rings. The van der Waals surface area contributed by atoms with Crippen LogP contribution in [0.2, 0.25) is 0 Å². The first kappa shape index (κ1) is 15.6. The summed E-state index contributed by atoms with van der Waals surface area (Å²) in [5, 5.41) is 0. The third kappa shape index (κ3) is 3.02. The molecular formula is C18H21FN2O3. The molecule has 0 bridgehead atoms. The number of hydrogen-bond donors (Lipinski definition) is 0. The van der Waals surface area contributed by atoms with Crippen LogP contribution in [-0.4, -0.2) is 53.9 Å². The van der Waals surface area contributed by atoms with Gasteiger partial charge in [0.05, 0.1) is 19.1 Å². The Kier molecular flexibility index (Phi) is 4.00. The smallest absolute Gasteiger partial charge is 0.228 e. The molecule has 0 aromatic heterocycles. The van der Waals surface area contributed by atoms with E-state index in [0.717, 1.165) is 18.4 Å². The lowest BCUT2D eigenvalue weighted by Gasteiger charge is -2.34. The second-order valence-corrected chi connectivity index (χ2v) is 6.87. The van der Waals surface area contributed by atoms with E-state index in [9.17, 15) is 14.0 Å². The fourth-order valence-electron chi connectivity index (χ4n) is 3.62. The van der Waals surface area contributed by atoms with E-state index < -0.39 is 0 Å². The number of rotatable bonds is 3. The van der Waals surface area contributed by atoms with Gasteiger partial charge in [-0.15, -0.1) is 0 Å². The largest absolute Gasteiger partial charge is 0.370 e. The molecule has 3 aliphatic rings. The fourth-order valence-corrected chi connectivity index (χ4v) is 3.62. The Labute approximate surface area is 140 Å². The maximum Gasteiger partial charge on any atom is 0.228 e. The molecule has 6 heteroatoms. The van der Waals surface area contributed by atoms with Crippen LogP contribution in [0.5, 0.6) is 0 Å². The predicted molar refractivity (Wildman–Crippen MR) is 84.5 cm³/mol. The number of carbonyl (C=O) groups is 2. The van der Waals surface area contributed by atoms with Gasteiger partial charge in [-0.3, -0.25) is 9.59 Å². The number of hydrogen-bond acceptors (Lipinski definition) is 3. The van der Waals surface area contributed by atoms with E-state index in [0.29, 0.717) is 38.7 Å². The normalized spacial score (nSPS) is 27.6. The minimum absolute atomic E-state index is 0.0434. The Morgan fingerprint density at radius 1 is 1.17 bits per heavy atom. The predicted octanol–water partition coefficient (Wildman–Crippen LogP) is 1.74. The standard InChI is InChI=1S/C18H21FN2O3/c19-14-3-1-12(2-4-14)16-11-20(7-8-24-16)18(23)13-9-17(22)21(10-13)15-5-6-15/h1-4,13,15-16H,5-11H2/t13-,16-/m1/s1. The second kappa shape index (κ2) is 6.16. The molecule has 1 aliphatic carbocycles. The van der Waals surface area contributed by atoms with E-state index in [1.165, 1.54) is 12.1 Å². The number of amides is 2. The highest BCUT2D eigenvalue weighted by atomic mass is 19.1. The van der Waals surface area contributed by atoms with Crippen molar-refractivity contribution in [2.75, 3.05) is 26.2 Å². The number of halogens is 1. The van der Waals surface area contributed by atoms with Crippen LogP contribution in [0.15, 0.2) is 24.3 Å². The van der Waals surface area contributed by atoms with Crippen molar-refractivity contribution >= 4 is 11.8 Å². The van der Waals surface area contributed by atoms with Crippen molar-refractivity contribution < 1.29 is 18.7 Å². The molecule has 1 aromatic carbocycles. The van der Waals surface area contributed by atoms with Crippen LogP contribution in [0.4, 0.5) is 4.39 Å². The quantitative estimate of drug-likeness (QED) is 0.847. The molecule has 24 heavy (non-hydrogen) atoms. The Balaban J connectivity index is 1.41. The molecular weight excluding hydrogens is 311 g/mol. The number of carbonyl (C=O) groups excluding carboxylic acids is 2. The van der Waals surface area contributed by atoms with Crippen molar-refractivity contribution in [1.82, 2.24) is 9.80 Å².